The van der Waals surface area contributed by atoms with Crippen LogP contribution in [0.25, 0.3) is 11.5 Å². The lowest BCUT2D eigenvalue weighted by atomic mass is 10.3. The number of furan rings is 1. The van der Waals surface area contributed by atoms with Crippen LogP contribution in [0.4, 0.5) is 0 Å². The predicted octanol–water partition coefficient (Wildman–Crippen LogP) is 1.85. The van der Waals surface area contributed by atoms with Gasteiger partial charge in [-0.25, -0.2) is 0 Å². The molecule has 0 aromatic carbocycles. The second-order valence-electron chi connectivity index (χ2n) is 3.05. The largest absolute Gasteiger partial charge is 0.461 e. The fraction of sp³-hybridized carbons (Fsp3) is 0.0909. The van der Waals surface area contributed by atoms with Gasteiger partial charge >= 0.3 is 0 Å². The first-order valence-corrected chi connectivity index (χ1v) is 4.71. The lowest BCUT2D eigenvalue weighted by Crippen LogP contribution is -2.23. The molecule has 0 saturated heterocycles. The van der Waals surface area contributed by atoms with E-state index in [1.54, 1.807) is 18.2 Å². The molecule has 16 heavy (non-hydrogen) atoms. The Hall–Kier alpha value is -2.30. The van der Waals surface area contributed by atoms with Crippen molar-refractivity contribution in [2.45, 2.75) is 0 Å². The molecule has 2 heterocycles. The summed E-state index contributed by atoms with van der Waals surface area (Å²) in [5.74, 6) is 0.658. The summed E-state index contributed by atoms with van der Waals surface area (Å²) < 4.78 is 10.1. The molecule has 82 valence electrons. The number of carbonyl (C=O) groups excluding carboxylic acids is 1. The number of rotatable bonds is 4. The molecule has 1 N–H and O–H groups in total. The van der Waals surface area contributed by atoms with Crippen LogP contribution in [-0.2, 0) is 0 Å². The van der Waals surface area contributed by atoms with Crippen molar-refractivity contribution in [2.75, 3.05) is 6.54 Å². The van der Waals surface area contributed by atoms with E-state index in [1.807, 2.05) is 0 Å². The molecule has 2 aromatic heterocycles. The van der Waals surface area contributed by atoms with Gasteiger partial charge in [-0.1, -0.05) is 11.2 Å². The molecule has 5 heteroatoms. The first-order valence-electron chi connectivity index (χ1n) is 4.71. The highest BCUT2D eigenvalue weighted by Crippen LogP contribution is 2.20. The van der Waals surface area contributed by atoms with Crippen molar-refractivity contribution >= 4 is 5.91 Å². The molecular formula is C11H10N2O3. The summed E-state index contributed by atoms with van der Waals surface area (Å²) in [6, 6.07) is 4.98. The fourth-order valence-corrected chi connectivity index (χ4v) is 1.17. The monoisotopic (exact) mass is 218 g/mol. The van der Waals surface area contributed by atoms with Crippen LogP contribution in [0.3, 0.4) is 0 Å². The van der Waals surface area contributed by atoms with E-state index in [0.29, 0.717) is 18.1 Å². The second-order valence-corrected chi connectivity index (χ2v) is 3.05. The summed E-state index contributed by atoms with van der Waals surface area (Å²) in [6.07, 6.45) is 3.11. The van der Waals surface area contributed by atoms with Crippen molar-refractivity contribution in [3.8, 4) is 11.5 Å². The zero-order valence-corrected chi connectivity index (χ0v) is 8.47. The zero-order chi connectivity index (χ0) is 11.4. The smallest absolute Gasteiger partial charge is 0.273 e. The van der Waals surface area contributed by atoms with Gasteiger partial charge in [-0.15, -0.1) is 6.58 Å². The van der Waals surface area contributed by atoms with Crippen LogP contribution < -0.4 is 5.32 Å². The van der Waals surface area contributed by atoms with Crippen molar-refractivity contribution in [2.24, 2.45) is 0 Å². The van der Waals surface area contributed by atoms with E-state index < -0.39 is 0 Å². The Morgan fingerprint density at radius 1 is 1.56 bits per heavy atom. The van der Waals surface area contributed by atoms with Crippen LogP contribution in [0.2, 0.25) is 0 Å². The van der Waals surface area contributed by atoms with Gasteiger partial charge in [0.2, 0.25) is 5.76 Å². The number of aromatic nitrogens is 1. The molecule has 0 fully saturated rings. The highest BCUT2D eigenvalue weighted by Gasteiger charge is 2.13. The Kier molecular flexibility index (Phi) is 2.86. The Morgan fingerprint density at radius 2 is 2.44 bits per heavy atom. The summed E-state index contributed by atoms with van der Waals surface area (Å²) in [4.78, 5) is 11.5. The maximum Gasteiger partial charge on any atom is 0.273 e. The molecule has 2 aromatic rings. The second kappa shape index (κ2) is 4.48. The van der Waals surface area contributed by atoms with E-state index in [4.69, 9.17) is 8.94 Å². The molecule has 0 aliphatic carbocycles. The van der Waals surface area contributed by atoms with Gasteiger partial charge in [-0.3, -0.25) is 4.79 Å². The maximum atomic E-state index is 11.5. The topological polar surface area (TPSA) is 68.3 Å². The number of nitrogens with zero attached hydrogens (tertiary/aromatic N) is 1. The van der Waals surface area contributed by atoms with E-state index >= 15 is 0 Å². The van der Waals surface area contributed by atoms with Gasteiger partial charge in [-0.05, 0) is 12.1 Å². The molecule has 0 radical (unpaired) electrons. The molecule has 5 nitrogen and oxygen atoms in total. The first kappa shape index (κ1) is 10.2. The molecule has 0 spiro atoms. The van der Waals surface area contributed by atoms with Gasteiger partial charge in [0.25, 0.3) is 5.91 Å². The summed E-state index contributed by atoms with van der Waals surface area (Å²) >= 11 is 0. The molecule has 0 bridgehead atoms. The van der Waals surface area contributed by atoms with Gasteiger partial charge in [0.1, 0.15) is 0 Å². The average Bonchev–Trinajstić information content (AvgIpc) is 2.94. The minimum Gasteiger partial charge on any atom is -0.461 e. The van der Waals surface area contributed by atoms with Gasteiger partial charge in [-0.2, -0.15) is 0 Å². The summed E-state index contributed by atoms with van der Waals surface area (Å²) in [5, 5.41) is 6.24. The SMILES string of the molecule is C=CCNC(=O)c1cc(-c2ccco2)on1. The van der Waals surface area contributed by atoms with E-state index in [2.05, 4.69) is 17.1 Å². The Balaban J connectivity index is 2.13. The third-order valence-corrected chi connectivity index (χ3v) is 1.91. The third kappa shape index (κ3) is 2.03. The van der Waals surface area contributed by atoms with Crippen molar-refractivity contribution < 1.29 is 13.7 Å². The number of amides is 1. The number of nitrogens with one attached hydrogen (secondary N) is 1. The number of hydrogen-bond acceptors (Lipinski definition) is 4. The van der Waals surface area contributed by atoms with Crippen LogP contribution in [-0.4, -0.2) is 17.6 Å². The van der Waals surface area contributed by atoms with Gasteiger partial charge < -0.3 is 14.3 Å². The van der Waals surface area contributed by atoms with Crippen molar-refractivity contribution in [3.63, 3.8) is 0 Å². The molecular weight excluding hydrogens is 208 g/mol. The quantitative estimate of drug-likeness (QED) is 0.795. The first-order chi connectivity index (χ1) is 7.81. The minimum absolute atomic E-state index is 0.216. The molecule has 2 rings (SSSR count). The molecule has 0 aliphatic heterocycles. The normalized spacial score (nSPS) is 10.0. The molecule has 0 aliphatic rings. The maximum absolute atomic E-state index is 11.5. The van der Waals surface area contributed by atoms with Crippen molar-refractivity contribution in [1.82, 2.24) is 10.5 Å². The average molecular weight is 218 g/mol. The highest BCUT2D eigenvalue weighted by atomic mass is 16.5. The van der Waals surface area contributed by atoms with Crippen LogP contribution in [0.5, 0.6) is 0 Å². The van der Waals surface area contributed by atoms with Crippen molar-refractivity contribution in [1.29, 1.82) is 0 Å². The Bertz CT molecular complexity index is 485. The van der Waals surface area contributed by atoms with Gasteiger partial charge in [0.15, 0.2) is 11.5 Å². The van der Waals surface area contributed by atoms with E-state index in [9.17, 15) is 4.79 Å². The van der Waals surface area contributed by atoms with Crippen LogP contribution in [0, 0.1) is 0 Å². The van der Waals surface area contributed by atoms with Crippen molar-refractivity contribution in [3.05, 3.63) is 42.8 Å². The van der Waals surface area contributed by atoms with Crippen LogP contribution in [0.15, 0.2) is 46.1 Å². The zero-order valence-electron chi connectivity index (χ0n) is 8.47. The molecule has 0 unspecified atom stereocenters. The van der Waals surface area contributed by atoms with E-state index in [-0.39, 0.29) is 11.6 Å². The highest BCUT2D eigenvalue weighted by molar-refractivity contribution is 5.92. The minimum atomic E-state index is -0.304. The predicted molar refractivity (Wildman–Crippen MR) is 56.7 cm³/mol. The molecule has 0 atom stereocenters. The fourth-order valence-electron chi connectivity index (χ4n) is 1.17. The van der Waals surface area contributed by atoms with Crippen LogP contribution in [0.1, 0.15) is 10.5 Å². The summed E-state index contributed by atoms with van der Waals surface area (Å²) in [6.45, 7) is 3.89. The van der Waals surface area contributed by atoms with E-state index in [1.165, 1.54) is 12.3 Å². The van der Waals surface area contributed by atoms with E-state index in [0.717, 1.165) is 0 Å². The standard InChI is InChI=1S/C11H10N2O3/c1-2-5-12-11(14)8-7-10(16-13-8)9-4-3-6-15-9/h2-4,6-7H,1,5H2,(H,12,14). The lowest BCUT2D eigenvalue weighted by Gasteiger charge is -1.95. The number of hydrogen-bond donors (Lipinski definition) is 1. The summed E-state index contributed by atoms with van der Waals surface area (Å²) in [5.41, 5.74) is 0.216. The molecule has 1 amide bonds. The van der Waals surface area contributed by atoms with Gasteiger partial charge in [0, 0.05) is 12.6 Å². The third-order valence-electron chi connectivity index (χ3n) is 1.91. The number of carbonyl (C=O) groups is 1. The van der Waals surface area contributed by atoms with Crippen LogP contribution >= 0.6 is 0 Å². The Morgan fingerprint density at radius 3 is 3.12 bits per heavy atom. The van der Waals surface area contributed by atoms with Gasteiger partial charge in [0.05, 0.1) is 6.26 Å². The summed E-state index contributed by atoms with van der Waals surface area (Å²) in [7, 11) is 0. The molecule has 0 saturated carbocycles. The Labute approximate surface area is 91.7 Å². The lowest BCUT2D eigenvalue weighted by molar-refractivity contribution is 0.0949.